The van der Waals surface area contributed by atoms with Crippen LogP contribution in [-0.2, 0) is 17.6 Å². The third-order valence-corrected chi connectivity index (χ3v) is 6.44. The van der Waals surface area contributed by atoms with Gasteiger partial charge < -0.3 is 9.80 Å². The maximum atomic E-state index is 10.8. The third kappa shape index (κ3) is 4.30. The lowest BCUT2D eigenvalue weighted by molar-refractivity contribution is -0.130. The SMILES string of the molecule is CC(=O)N1CCN(C)CC1.CC1CCc2c(sc3ncnc(Cl)c23)C1. The minimum atomic E-state index is 0.202. The number of amides is 1. The molecule has 0 N–H and O–H groups in total. The second-order valence-corrected chi connectivity index (χ2v) is 8.45. The van der Waals surface area contributed by atoms with Crippen molar-refractivity contribution in [1.82, 2.24) is 19.8 Å². The fraction of sp³-hybridized carbons (Fsp3) is 0.611. The second kappa shape index (κ2) is 7.98. The first-order valence-electron chi connectivity index (χ1n) is 8.80. The highest BCUT2D eigenvalue weighted by Gasteiger charge is 2.22. The molecule has 1 aliphatic heterocycles. The number of carbonyl (C=O) groups is 1. The van der Waals surface area contributed by atoms with Gasteiger partial charge in [0.1, 0.15) is 16.3 Å². The summed E-state index contributed by atoms with van der Waals surface area (Å²) in [6.45, 7) is 7.75. The normalized spacial score (nSPS) is 20.8. The van der Waals surface area contributed by atoms with E-state index in [1.807, 2.05) is 4.90 Å². The molecule has 5 nitrogen and oxygen atoms in total. The molecular weight excluding hydrogens is 356 g/mol. The lowest BCUT2D eigenvalue weighted by atomic mass is 9.89. The highest BCUT2D eigenvalue weighted by molar-refractivity contribution is 7.19. The molecule has 4 rings (SSSR count). The molecule has 1 saturated heterocycles. The monoisotopic (exact) mass is 380 g/mol. The Morgan fingerprint density at radius 3 is 2.68 bits per heavy atom. The Morgan fingerprint density at radius 1 is 1.28 bits per heavy atom. The van der Waals surface area contributed by atoms with Crippen LogP contribution in [0.4, 0.5) is 0 Å². The van der Waals surface area contributed by atoms with E-state index in [0.717, 1.165) is 48.7 Å². The molecule has 2 aliphatic rings. The summed E-state index contributed by atoms with van der Waals surface area (Å²) in [5.41, 5.74) is 1.40. The fourth-order valence-corrected chi connectivity index (χ4v) is 5.01. The molecule has 2 aromatic rings. The first kappa shape index (κ1) is 18.5. The Balaban J connectivity index is 0.000000160. The van der Waals surface area contributed by atoms with Gasteiger partial charge in [-0.3, -0.25) is 4.79 Å². The molecule has 1 amide bonds. The number of rotatable bonds is 0. The topological polar surface area (TPSA) is 49.3 Å². The van der Waals surface area contributed by atoms with Crippen molar-refractivity contribution in [3.05, 3.63) is 21.9 Å². The number of likely N-dealkylation sites (N-methyl/N-ethyl adjacent to an activating group) is 1. The summed E-state index contributed by atoms with van der Waals surface area (Å²) in [6.07, 6.45) is 5.11. The van der Waals surface area contributed by atoms with Crippen LogP contribution < -0.4 is 0 Å². The second-order valence-electron chi connectivity index (χ2n) is 7.01. The number of hydrogen-bond acceptors (Lipinski definition) is 5. The lowest BCUT2D eigenvalue weighted by Gasteiger charge is -2.31. The Morgan fingerprint density at radius 2 is 2.00 bits per heavy atom. The van der Waals surface area contributed by atoms with Crippen LogP contribution in [0.5, 0.6) is 0 Å². The number of hydrogen-bond donors (Lipinski definition) is 0. The number of aromatic nitrogens is 2. The Kier molecular flexibility index (Phi) is 5.92. The van der Waals surface area contributed by atoms with Crippen LogP contribution in [0.15, 0.2) is 6.33 Å². The van der Waals surface area contributed by atoms with E-state index in [9.17, 15) is 4.79 Å². The molecular formula is C18H25ClN4OS. The summed E-state index contributed by atoms with van der Waals surface area (Å²) in [5.74, 6) is 0.991. The predicted octanol–water partition coefficient (Wildman–Crippen LogP) is 3.25. The molecule has 0 spiro atoms. The van der Waals surface area contributed by atoms with Crippen molar-refractivity contribution in [3.8, 4) is 0 Å². The molecule has 1 atom stereocenters. The Bertz CT molecular complexity index is 755. The van der Waals surface area contributed by atoms with E-state index in [4.69, 9.17) is 11.6 Å². The number of piperazine rings is 1. The van der Waals surface area contributed by atoms with Crippen molar-refractivity contribution in [2.24, 2.45) is 5.92 Å². The summed E-state index contributed by atoms with van der Waals surface area (Å²) in [7, 11) is 2.08. The summed E-state index contributed by atoms with van der Waals surface area (Å²) in [6, 6.07) is 0. The van der Waals surface area contributed by atoms with E-state index in [1.165, 1.54) is 23.3 Å². The zero-order valence-electron chi connectivity index (χ0n) is 15.1. The molecule has 7 heteroatoms. The molecule has 0 radical (unpaired) electrons. The van der Waals surface area contributed by atoms with Crippen molar-refractivity contribution in [1.29, 1.82) is 0 Å². The van der Waals surface area contributed by atoms with Crippen LogP contribution in [0.2, 0.25) is 5.15 Å². The molecule has 1 fully saturated rings. The molecule has 0 bridgehead atoms. The van der Waals surface area contributed by atoms with Crippen molar-refractivity contribution in [2.75, 3.05) is 33.2 Å². The fourth-order valence-electron chi connectivity index (χ4n) is 3.36. The van der Waals surface area contributed by atoms with Gasteiger partial charge in [-0.25, -0.2) is 9.97 Å². The van der Waals surface area contributed by atoms with Gasteiger partial charge in [-0.15, -0.1) is 11.3 Å². The molecule has 0 aromatic carbocycles. The molecule has 0 saturated carbocycles. The van der Waals surface area contributed by atoms with Crippen molar-refractivity contribution < 1.29 is 4.79 Å². The Labute approximate surface area is 158 Å². The van der Waals surface area contributed by atoms with Crippen LogP contribution in [0, 0.1) is 5.92 Å². The van der Waals surface area contributed by atoms with Gasteiger partial charge in [0.15, 0.2) is 0 Å². The van der Waals surface area contributed by atoms with Gasteiger partial charge in [-0.05, 0) is 37.8 Å². The average Bonchev–Trinajstić information content (AvgIpc) is 2.94. The first-order valence-corrected chi connectivity index (χ1v) is 10.00. The average molecular weight is 381 g/mol. The zero-order chi connectivity index (χ0) is 18.0. The van der Waals surface area contributed by atoms with Gasteiger partial charge >= 0.3 is 0 Å². The van der Waals surface area contributed by atoms with Gasteiger partial charge in [0, 0.05) is 38.0 Å². The largest absolute Gasteiger partial charge is 0.340 e. The first-order chi connectivity index (χ1) is 12.0. The quantitative estimate of drug-likeness (QED) is 0.658. The third-order valence-electron chi connectivity index (χ3n) is 4.99. The minimum Gasteiger partial charge on any atom is -0.340 e. The maximum Gasteiger partial charge on any atom is 0.219 e. The maximum absolute atomic E-state index is 10.8. The number of halogens is 1. The summed E-state index contributed by atoms with van der Waals surface area (Å²) < 4.78 is 0. The van der Waals surface area contributed by atoms with Gasteiger partial charge in [0.25, 0.3) is 0 Å². The Hall–Kier alpha value is -1.24. The number of fused-ring (bicyclic) bond motifs is 3. The van der Waals surface area contributed by atoms with Crippen LogP contribution in [0.25, 0.3) is 10.2 Å². The van der Waals surface area contributed by atoms with E-state index in [-0.39, 0.29) is 5.91 Å². The molecule has 25 heavy (non-hydrogen) atoms. The van der Waals surface area contributed by atoms with E-state index < -0.39 is 0 Å². The van der Waals surface area contributed by atoms with Crippen LogP contribution in [0.3, 0.4) is 0 Å². The summed E-state index contributed by atoms with van der Waals surface area (Å²) >= 11 is 7.91. The predicted molar refractivity (Wildman–Crippen MR) is 103 cm³/mol. The number of thiophene rings is 1. The highest BCUT2D eigenvalue weighted by atomic mass is 35.5. The standard InChI is InChI=1S/C11H11ClN2S.C7H14N2O/c1-6-2-3-7-8(4-6)15-11-9(7)10(12)13-5-14-11;1-7(10)9-5-3-8(2)4-6-9/h5-6H,2-4H2,1H3;3-6H2,1-2H3. The van der Waals surface area contributed by atoms with Crippen LogP contribution in [0.1, 0.15) is 30.7 Å². The number of carbonyl (C=O) groups excluding carboxylic acids is 1. The van der Waals surface area contributed by atoms with Crippen molar-refractivity contribution in [3.63, 3.8) is 0 Å². The van der Waals surface area contributed by atoms with Gasteiger partial charge in [-0.1, -0.05) is 18.5 Å². The summed E-state index contributed by atoms with van der Waals surface area (Å²) in [5, 5.41) is 1.72. The smallest absolute Gasteiger partial charge is 0.219 e. The van der Waals surface area contributed by atoms with Crippen molar-refractivity contribution in [2.45, 2.75) is 33.1 Å². The van der Waals surface area contributed by atoms with E-state index >= 15 is 0 Å². The molecule has 136 valence electrons. The van der Waals surface area contributed by atoms with Gasteiger partial charge in [-0.2, -0.15) is 0 Å². The van der Waals surface area contributed by atoms with Crippen LogP contribution in [-0.4, -0.2) is 58.9 Å². The lowest BCUT2D eigenvalue weighted by Crippen LogP contribution is -2.46. The number of nitrogens with zero attached hydrogens (tertiary/aromatic N) is 4. The van der Waals surface area contributed by atoms with E-state index in [2.05, 4.69) is 28.8 Å². The van der Waals surface area contributed by atoms with Gasteiger partial charge in [0.05, 0.1) is 5.39 Å². The van der Waals surface area contributed by atoms with E-state index in [0.29, 0.717) is 5.15 Å². The molecule has 1 aliphatic carbocycles. The minimum absolute atomic E-state index is 0.202. The van der Waals surface area contributed by atoms with Gasteiger partial charge in [0.2, 0.25) is 5.91 Å². The van der Waals surface area contributed by atoms with Crippen LogP contribution >= 0.6 is 22.9 Å². The molecule has 2 aromatic heterocycles. The molecule has 1 unspecified atom stereocenters. The van der Waals surface area contributed by atoms with E-state index in [1.54, 1.807) is 24.6 Å². The molecule has 3 heterocycles. The van der Waals surface area contributed by atoms with Crippen molar-refractivity contribution >= 4 is 39.1 Å². The number of aryl methyl sites for hydroxylation is 1. The highest BCUT2D eigenvalue weighted by Crippen LogP contribution is 2.39. The zero-order valence-corrected chi connectivity index (χ0v) is 16.7. The summed E-state index contributed by atoms with van der Waals surface area (Å²) in [4.78, 5) is 25.8.